The van der Waals surface area contributed by atoms with E-state index in [4.69, 9.17) is 5.73 Å². The SMILES string of the molecule is CCCN=C(c1ccc(F)cc1F)c1nc(C)c(C)nc1N. The van der Waals surface area contributed by atoms with Crippen molar-refractivity contribution in [1.29, 1.82) is 0 Å². The van der Waals surface area contributed by atoms with Gasteiger partial charge < -0.3 is 5.73 Å². The van der Waals surface area contributed by atoms with E-state index in [0.29, 0.717) is 29.3 Å². The van der Waals surface area contributed by atoms with Crippen molar-refractivity contribution >= 4 is 11.5 Å². The lowest BCUT2D eigenvalue weighted by Gasteiger charge is -2.12. The van der Waals surface area contributed by atoms with E-state index < -0.39 is 11.6 Å². The molecule has 0 radical (unpaired) electrons. The van der Waals surface area contributed by atoms with Crippen molar-refractivity contribution in [1.82, 2.24) is 9.97 Å². The number of rotatable bonds is 4. The molecule has 2 N–H and O–H groups in total. The summed E-state index contributed by atoms with van der Waals surface area (Å²) in [5, 5.41) is 0. The predicted molar refractivity (Wildman–Crippen MR) is 83.1 cm³/mol. The van der Waals surface area contributed by atoms with Crippen LogP contribution in [0.4, 0.5) is 14.6 Å². The number of nitrogens with zero attached hydrogens (tertiary/aromatic N) is 3. The van der Waals surface area contributed by atoms with Crippen LogP contribution in [-0.4, -0.2) is 22.2 Å². The second kappa shape index (κ2) is 6.60. The summed E-state index contributed by atoms with van der Waals surface area (Å²) < 4.78 is 27.2. The summed E-state index contributed by atoms with van der Waals surface area (Å²) >= 11 is 0. The van der Waals surface area contributed by atoms with E-state index in [1.807, 2.05) is 6.92 Å². The van der Waals surface area contributed by atoms with Gasteiger partial charge in [-0.1, -0.05) is 6.92 Å². The summed E-state index contributed by atoms with van der Waals surface area (Å²) in [5.74, 6) is -1.16. The van der Waals surface area contributed by atoms with Crippen LogP contribution in [0.2, 0.25) is 0 Å². The van der Waals surface area contributed by atoms with Crippen LogP contribution in [0, 0.1) is 25.5 Å². The van der Waals surface area contributed by atoms with Crippen molar-refractivity contribution in [2.75, 3.05) is 12.3 Å². The van der Waals surface area contributed by atoms with Gasteiger partial charge in [-0.3, -0.25) is 4.99 Å². The van der Waals surface area contributed by atoms with Crippen LogP contribution in [0.15, 0.2) is 23.2 Å². The standard InChI is InChI=1S/C16H18F2N4/c1-4-7-20-14(12-6-5-11(17)8-13(12)18)15-16(19)22-10(3)9(2)21-15/h5-6,8H,4,7H2,1-3H3,(H2,19,22). The van der Waals surface area contributed by atoms with E-state index in [0.717, 1.165) is 12.5 Å². The van der Waals surface area contributed by atoms with Crippen LogP contribution < -0.4 is 5.73 Å². The first-order valence-corrected chi connectivity index (χ1v) is 7.05. The van der Waals surface area contributed by atoms with Crippen molar-refractivity contribution < 1.29 is 8.78 Å². The fraction of sp³-hybridized carbons (Fsp3) is 0.312. The molecule has 22 heavy (non-hydrogen) atoms. The Bertz CT molecular complexity index is 726. The van der Waals surface area contributed by atoms with Crippen LogP contribution >= 0.6 is 0 Å². The van der Waals surface area contributed by atoms with Crippen LogP contribution in [0.1, 0.15) is 36.0 Å². The third kappa shape index (κ3) is 3.27. The molecule has 0 atom stereocenters. The fourth-order valence-electron chi connectivity index (χ4n) is 1.99. The highest BCUT2D eigenvalue weighted by atomic mass is 19.1. The number of aliphatic imine (C=N–C) groups is 1. The van der Waals surface area contributed by atoms with Gasteiger partial charge in [-0.2, -0.15) is 0 Å². The summed E-state index contributed by atoms with van der Waals surface area (Å²) in [4.78, 5) is 13.0. The van der Waals surface area contributed by atoms with Crippen molar-refractivity contribution in [2.45, 2.75) is 27.2 Å². The first-order chi connectivity index (χ1) is 10.4. The Hall–Kier alpha value is -2.37. The molecule has 0 aliphatic rings. The van der Waals surface area contributed by atoms with Crippen molar-refractivity contribution in [2.24, 2.45) is 4.99 Å². The monoisotopic (exact) mass is 304 g/mol. The fourth-order valence-corrected chi connectivity index (χ4v) is 1.99. The van der Waals surface area contributed by atoms with E-state index >= 15 is 0 Å². The Kier molecular flexibility index (Phi) is 4.80. The molecule has 0 aliphatic heterocycles. The molecule has 0 saturated heterocycles. The molecule has 0 fully saturated rings. The van der Waals surface area contributed by atoms with Gasteiger partial charge >= 0.3 is 0 Å². The van der Waals surface area contributed by atoms with Crippen molar-refractivity contribution in [3.63, 3.8) is 0 Å². The molecule has 1 heterocycles. The molecule has 1 aromatic heterocycles. The number of nitrogens with two attached hydrogens (primary N) is 1. The molecule has 0 spiro atoms. The summed E-state index contributed by atoms with van der Waals surface area (Å²) in [6.45, 7) is 6.03. The summed E-state index contributed by atoms with van der Waals surface area (Å²) in [6, 6.07) is 3.35. The molecule has 0 aliphatic carbocycles. The smallest absolute Gasteiger partial charge is 0.151 e. The Morgan fingerprint density at radius 1 is 1.18 bits per heavy atom. The van der Waals surface area contributed by atoms with E-state index in [9.17, 15) is 8.78 Å². The van der Waals surface area contributed by atoms with Gasteiger partial charge in [-0.15, -0.1) is 0 Å². The molecule has 0 saturated carbocycles. The normalized spacial score (nSPS) is 11.8. The predicted octanol–water partition coefficient (Wildman–Crippen LogP) is 3.20. The Morgan fingerprint density at radius 3 is 2.50 bits per heavy atom. The second-order valence-corrected chi connectivity index (χ2v) is 4.98. The van der Waals surface area contributed by atoms with Gasteiger partial charge in [0.15, 0.2) is 5.82 Å². The van der Waals surface area contributed by atoms with Crippen LogP contribution in [-0.2, 0) is 0 Å². The second-order valence-electron chi connectivity index (χ2n) is 4.98. The van der Waals surface area contributed by atoms with E-state index in [2.05, 4.69) is 15.0 Å². The summed E-state index contributed by atoms with van der Waals surface area (Å²) in [5.41, 5.74) is 8.11. The molecule has 0 unspecified atom stereocenters. The van der Waals surface area contributed by atoms with Gasteiger partial charge in [0.25, 0.3) is 0 Å². The van der Waals surface area contributed by atoms with Gasteiger partial charge in [0, 0.05) is 18.2 Å². The molecular weight excluding hydrogens is 286 g/mol. The maximum atomic E-state index is 14.1. The van der Waals surface area contributed by atoms with Crippen LogP contribution in [0.25, 0.3) is 0 Å². The number of benzene rings is 1. The number of halogens is 2. The highest BCUT2D eigenvalue weighted by Gasteiger charge is 2.18. The molecule has 116 valence electrons. The van der Waals surface area contributed by atoms with Gasteiger partial charge in [-0.05, 0) is 32.4 Å². The average Bonchev–Trinajstić information content (AvgIpc) is 2.46. The van der Waals surface area contributed by atoms with Crippen LogP contribution in [0.3, 0.4) is 0 Å². The zero-order chi connectivity index (χ0) is 16.3. The largest absolute Gasteiger partial charge is 0.382 e. The lowest BCUT2D eigenvalue weighted by molar-refractivity contribution is 0.581. The minimum atomic E-state index is -0.700. The number of anilines is 1. The third-order valence-electron chi connectivity index (χ3n) is 3.24. The number of nitrogen functional groups attached to an aromatic ring is 1. The van der Waals surface area contributed by atoms with Crippen LogP contribution in [0.5, 0.6) is 0 Å². The third-order valence-corrected chi connectivity index (χ3v) is 3.24. The zero-order valence-corrected chi connectivity index (χ0v) is 12.8. The molecule has 4 nitrogen and oxygen atoms in total. The van der Waals surface area contributed by atoms with E-state index in [1.54, 1.807) is 13.8 Å². The van der Waals surface area contributed by atoms with Gasteiger partial charge in [-0.25, -0.2) is 18.7 Å². The minimum absolute atomic E-state index is 0.166. The average molecular weight is 304 g/mol. The van der Waals surface area contributed by atoms with E-state index in [-0.39, 0.29) is 11.4 Å². The number of aromatic nitrogens is 2. The molecule has 0 bridgehead atoms. The molecule has 2 rings (SSSR count). The maximum absolute atomic E-state index is 14.1. The number of aryl methyl sites for hydroxylation is 2. The molecular formula is C16H18F2N4. The highest BCUT2D eigenvalue weighted by molar-refractivity contribution is 6.14. The first-order valence-electron chi connectivity index (χ1n) is 7.05. The molecule has 6 heteroatoms. The van der Waals surface area contributed by atoms with Crippen molar-refractivity contribution in [3.8, 4) is 0 Å². The van der Waals surface area contributed by atoms with Crippen molar-refractivity contribution in [3.05, 3.63) is 52.5 Å². The Labute approximate surface area is 128 Å². The maximum Gasteiger partial charge on any atom is 0.151 e. The lowest BCUT2D eigenvalue weighted by atomic mass is 10.1. The molecule has 2 aromatic rings. The summed E-state index contributed by atoms with van der Waals surface area (Å²) in [7, 11) is 0. The quantitative estimate of drug-likeness (QED) is 0.882. The number of hydrogen-bond acceptors (Lipinski definition) is 4. The van der Waals surface area contributed by atoms with E-state index in [1.165, 1.54) is 12.1 Å². The first kappa shape index (κ1) is 16.0. The van der Waals surface area contributed by atoms with Gasteiger partial charge in [0.1, 0.15) is 17.3 Å². The molecule has 1 aromatic carbocycles. The lowest BCUT2D eigenvalue weighted by Crippen LogP contribution is -2.15. The zero-order valence-electron chi connectivity index (χ0n) is 12.8. The Balaban J connectivity index is 2.64. The topological polar surface area (TPSA) is 64.2 Å². The highest BCUT2D eigenvalue weighted by Crippen LogP contribution is 2.19. The summed E-state index contributed by atoms with van der Waals surface area (Å²) in [6.07, 6.45) is 0.782. The van der Waals surface area contributed by atoms with Gasteiger partial charge in [0.2, 0.25) is 0 Å². The van der Waals surface area contributed by atoms with Gasteiger partial charge in [0.05, 0.1) is 17.1 Å². The Morgan fingerprint density at radius 2 is 1.86 bits per heavy atom. The number of hydrogen-bond donors (Lipinski definition) is 1. The molecule has 0 amide bonds. The minimum Gasteiger partial charge on any atom is -0.382 e.